The van der Waals surface area contributed by atoms with Crippen molar-refractivity contribution in [2.45, 2.75) is 69.4 Å². The van der Waals surface area contributed by atoms with Gasteiger partial charge in [-0.1, -0.05) is 12.2 Å². The Bertz CT molecular complexity index is 547. The zero-order chi connectivity index (χ0) is 20.1. The normalized spacial score (nSPS) is 38.4. The number of ether oxygens (including phenoxy) is 2. The summed E-state index contributed by atoms with van der Waals surface area (Å²) in [5, 5.41) is 47.6. The van der Waals surface area contributed by atoms with E-state index in [4.69, 9.17) is 14.6 Å². The molecule has 1 saturated heterocycles. The monoisotopic (exact) mass is 388 g/mol. The van der Waals surface area contributed by atoms with Crippen molar-refractivity contribution in [1.82, 2.24) is 0 Å². The number of aliphatic carboxylic acids is 1. The molecule has 27 heavy (non-hydrogen) atoms. The van der Waals surface area contributed by atoms with Crippen molar-refractivity contribution in [2.24, 2.45) is 11.8 Å². The first-order chi connectivity index (χ1) is 12.7. The van der Waals surface area contributed by atoms with Crippen LogP contribution in [0, 0.1) is 11.8 Å². The minimum atomic E-state index is -1.51. The number of Topliss-reactive ketones (excluding diaryl/α,β-unsaturated/α-hetero) is 1. The van der Waals surface area contributed by atoms with Gasteiger partial charge in [-0.2, -0.15) is 0 Å². The molecule has 154 valence electrons. The van der Waals surface area contributed by atoms with Gasteiger partial charge in [0.05, 0.1) is 12.7 Å². The highest BCUT2D eigenvalue weighted by molar-refractivity contribution is 5.84. The van der Waals surface area contributed by atoms with Gasteiger partial charge in [-0.15, -0.1) is 0 Å². The fourth-order valence-corrected chi connectivity index (χ4v) is 3.62. The number of hydrogen-bond donors (Lipinski definition) is 5. The Kier molecular flexibility index (Phi) is 7.90. The lowest BCUT2D eigenvalue weighted by Crippen LogP contribution is -2.59. The number of aliphatic hydroxyl groups is 4. The Morgan fingerprint density at radius 2 is 2.00 bits per heavy atom. The molecule has 0 bridgehead atoms. The number of rotatable bonds is 8. The highest BCUT2D eigenvalue weighted by Crippen LogP contribution is 2.34. The molecule has 1 saturated carbocycles. The number of aliphatic hydroxyl groups excluding tert-OH is 4. The molecule has 0 spiro atoms. The van der Waals surface area contributed by atoms with E-state index in [1.54, 1.807) is 19.1 Å². The van der Waals surface area contributed by atoms with Crippen molar-refractivity contribution >= 4 is 11.8 Å². The van der Waals surface area contributed by atoms with Gasteiger partial charge in [0, 0.05) is 18.8 Å². The summed E-state index contributed by atoms with van der Waals surface area (Å²) in [4.78, 5) is 22.9. The molecular formula is C18H28O9. The molecule has 0 aromatic rings. The van der Waals surface area contributed by atoms with Crippen LogP contribution in [-0.2, 0) is 19.1 Å². The first kappa shape index (κ1) is 21.9. The van der Waals surface area contributed by atoms with Gasteiger partial charge < -0.3 is 35.0 Å². The maximum absolute atomic E-state index is 12.0. The summed E-state index contributed by atoms with van der Waals surface area (Å²) >= 11 is 0. The smallest absolute Gasteiger partial charge is 0.303 e. The maximum Gasteiger partial charge on any atom is 0.303 e. The highest BCUT2D eigenvalue weighted by Gasteiger charge is 2.44. The Hall–Kier alpha value is -1.36. The molecule has 2 fully saturated rings. The number of carbonyl (C=O) groups excluding carboxylic acids is 1. The van der Waals surface area contributed by atoms with Crippen LogP contribution in [0.15, 0.2) is 12.2 Å². The summed E-state index contributed by atoms with van der Waals surface area (Å²) in [6, 6.07) is 0. The van der Waals surface area contributed by atoms with Crippen molar-refractivity contribution < 1.29 is 44.6 Å². The molecule has 8 atom stereocenters. The van der Waals surface area contributed by atoms with E-state index < -0.39 is 49.4 Å². The van der Waals surface area contributed by atoms with Crippen LogP contribution in [0.2, 0.25) is 0 Å². The average molecular weight is 388 g/mol. The van der Waals surface area contributed by atoms with Gasteiger partial charge in [-0.3, -0.25) is 9.59 Å². The third-order valence-corrected chi connectivity index (χ3v) is 5.18. The lowest BCUT2D eigenvalue weighted by molar-refractivity contribution is -0.306. The fourth-order valence-electron chi connectivity index (χ4n) is 3.62. The standard InChI is InChI=1S/C18H28O9/c1-9(26-18-17(25)16(24)15(23)13(8-19)27-18)3-2-4-11-10(7-14(21)22)5-6-12(11)20/h2-3,9-11,13,15-19,23-25H,4-8H2,1H3,(H,21,22)/b3-2-/t9-,10-,11+,13-,15-,16+,17-,18-/m1/s1. The van der Waals surface area contributed by atoms with Crippen LogP contribution in [0.25, 0.3) is 0 Å². The molecule has 0 unspecified atom stereocenters. The molecule has 0 aromatic heterocycles. The quantitative estimate of drug-likeness (QED) is 0.336. The molecule has 9 heteroatoms. The molecule has 0 radical (unpaired) electrons. The van der Waals surface area contributed by atoms with Crippen molar-refractivity contribution in [1.29, 1.82) is 0 Å². The minimum Gasteiger partial charge on any atom is -0.481 e. The van der Waals surface area contributed by atoms with E-state index in [2.05, 4.69) is 0 Å². The van der Waals surface area contributed by atoms with E-state index >= 15 is 0 Å². The molecule has 1 heterocycles. The molecule has 5 N–H and O–H groups in total. The summed E-state index contributed by atoms with van der Waals surface area (Å²) in [5.41, 5.74) is 0. The number of carboxylic acid groups (broad SMARTS) is 1. The highest BCUT2D eigenvalue weighted by atomic mass is 16.7. The van der Waals surface area contributed by atoms with Crippen LogP contribution < -0.4 is 0 Å². The van der Waals surface area contributed by atoms with Crippen LogP contribution in [-0.4, -0.2) is 80.7 Å². The van der Waals surface area contributed by atoms with Crippen LogP contribution >= 0.6 is 0 Å². The summed E-state index contributed by atoms with van der Waals surface area (Å²) in [6.07, 6.45) is -2.50. The Morgan fingerprint density at radius 3 is 2.63 bits per heavy atom. The number of hydrogen-bond acceptors (Lipinski definition) is 8. The first-order valence-electron chi connectivity index (χ1n) is 9.11. The van der Waals surface area contributed by atoms with Crippen LogP contribution in [0.5, 0.6) is 0 Å². The Balaban J connectivity index is 1.88. The molecule has 1 aliphatic heterocycles. The third-order valence-electron chi connectivity index (χ3n) is 5.18. The van der Waals surface area contributed by atoms with Gasteiger partial charge >= 0.3 is 5.97 Å². The molecular weight excluding hydrogens is 360 g/mol. The van der Waals surface area contributed by atoms with Gasteiger partial charge in [0.25, 0.3) is 0 Å². The number of carbonyl (C=O) groups is 2. The number of allylic oxidation sites excluding steroid dienone is 1. The fraction of sp³-hybridized carbons (Fsp3) is 0.778. The van der Waals surface area contributed by atoms with Gasteiger partial charge in [-0.05, 0) is 25.7 Å². The van der Waals surface area contributed by atoms with E-state index in [0.717, 1.165) is 0 Å². The predicted molar refractivity (Wildman–Crippen MR) is 91.5 cm³/mol. The molecule has 2 aliphatic rings. The van der Waals surface area contributed by atoms with E-state index in [0.29, 0.717) is 19.3 Å². The zero-order valence-corrected chi connectivity index (χ0v) is 15.2. The average Bonchev–Trinajstić information content (AvgIpc) is 2.95. The van der Waals surface area contributed by atoms with Crippen molar-refractivity contribution in [3.05, 3.63) is 12.2 Å². The maximum atomic E-state index is 12.0. The predicted octanol–water partition coefficient (Wildman–Crippen LogP) is -0.792. The Labute approximate surface area is 157 Å². The van der Waals surface area contributed by atoms with Crippen LogP contribution in [0.4, 0.5) is 0 Å². The molecule has 2 rings (SSSR count). The second-order valence-electron chi connectivity index (χ2n) is 7.17. The van der Waals surface area contributed by atoms with Crippen LogP contribution in [0.3, 0.4) is 0 Å². The van der Waals surface area contributed by atoms with E-state index in [9.17, 15) is 30.0 Å². The molecule has 9 nitrogen and oxygen atoms in total. The van der Waals surface area contributed by atoms with E-state index in [1.165, 1.54) is 0 Å². The topological polar surface area (TPSA) is 154 Å². The van der Waals surface area contributed by atoms with E-state index in [1.807, 2.05) is 0 Å². The second-order valence-corrected chi connectivity index (χ2v) is 7.17. The van der Waals surface area contributed by atoms with Crippen LogP contribution in [0.1, 0.15) is 32.6 Å². The van der Waals surface area contributed by atoms with Gasteiger partial charge in [0.15, 0.2) is 6.29 Å². The number of carboxylic acids is 1. The molecule has 0 aromatic carbocycles. The lowest BCUT2D eigenvalue weighted by Gasteiger charge is -2.40. The first-order valence-corrected chi connectivity index (χ1v) is 9.11. The SMILES string of the molecule is C[C@H](/C=C\C[C@@H]1C(=O)CC[C@@H]1CC(=O)O)O[C@@H]1O[C@H](CO)[C@@H](O)[C@H](O)[C@H]1O. The van der Waals surface area contributed by atoms with Gasteiger partial charge in [-0.25, -0.2) is 0 Å². The van der Waals surface area contributed by atoms with Gasteiger partial charge in [0.1, 0.15) is 30.2 Å². The Morgan fingerprint density at radius 1 is 1.30 bits per heavy atom. The largest absolute Gasteiger partial charge is 0.481 e. The lowest BCUT2D eigenvalue weighted by atomic mass is 9.89. The number of ketones is 1. The van der Waals surface area contributed by atoms with E-state index in [-0.39, 0.29) is 24.0 Å². The summed E-state index contributed by atoms with van der Waals surface area (Å²) < 4.78 is 10.8. The second kappa shape index (κ2) is 9.72. The molecule has 1 aliphatic carbocycles. The van der Waals surface area contributed by atoms with Crippen molar-refractivity contribution in [3.8, 4) is 0 Å². The van der Waals surface area contributed by atoms with Gasteiger partial charge in [0.2, 0.25) is 0 Å². The molecule has 0 amide bonds. The summed E-state index contributed by atoms with van der Waals surface area (Å²) in [5.74, 6) is -1.34. The minimum absolute atomic E-state index is 0.0266. The zero-order valence-electron chi connectivity index (χ0n) is 15.2. The van der Waals surface area contributed by atoms with Crippen molar-refractivity contribution in [2.75, 3.05) is 6.61 Å². The van der Waals surface area contributed by atoms with Crippen molar-refractivity contribution in [3.63, 3.8) is 0 Å². The third kappa shape index (κ3) is 5.56. The summed E-state index contributed by atoms with van der Waals surface area (Å²) in [7, 11) is 0. The summed E-state index contributed by atoms with van der Waals surface area (Å²) in [6.45, 7) is 1.13.